The van der Waals surface area contributed by atoms with Crippen molar-refractivity contribution >= 4 is 49.1 Å². The zero-order chi connectivity index (χ0) is 13.4. The quantitative estimate of drug-likeness (QED) is 0.615. The first kappa shape index (κ1) is 13.1. The maximum Gasteiger partial charge on any atom is 0.197 e. The van der Waals surface area contributed by atoms with Gasteiger partial charge in [-0.15, -0.1) is 11.3 Å². The number of thiophene rings is 1. The minimum Gasteiger partial charge on any atom is -0.441 e. The first-order chi connectivity index (χ1) is 9.21. The molecule has 98 valence electrons. The molecular weight excluding hydrogens is 348 g/mol. The van der Waals surface area contributed by atoms with E-state index in [0.717, 1.165) is 27.7 Å². The number of aryl methyl sites for hydroxylation is 1. The van der Waals surface area contributed by atoms with E-state index in [1.165, 1.54) is 4.88 Å². The first-order valence-corrected chi connectivity index (χ1v) is 8.14. The second-order valence-electron chi connectivity index (χ2n) is 4.02. The molecule has 3 aromatic rings. The predicted molar refractivity (Wildman–Crippen MR) is 82.1 cm³/mol. The van der Waals surface area contributed by atoms with Gasteiger partial charge in [0.15, 0.2) is 16.8 Å². The molecule has 0 saturated carbocycles. The molecule has 0 unspecified atom stereocenters. The Morgan fingerprint density at radius 2 is 2.21 bits per heavy atom. The van der Waals surface area contributed by atoms with Crippen LogP contribution in [0.15, 0.2) is 22.6 Å². The fraction of sp³-hybridized carbons (Fsp3) is 0.231. The van der Waals surface area contributed by atoms with Crippen molar-refractivity contribution in [2.75, 3.05) is 0 Å². The standard InChI is InChI=1S/C13H10BrClN2OS/c1-2-9-8-5-7(6-14)19-13(8)17-12(16-9)10-3-4-11(15)18-10/h3-5H,2,6H2,1H3. The van der Waals surface area contributed by atoms with Gasteiger partial charge in [-0.25, -0.2) is 9.97 Å². The van der Waals surface area contributed by atoms with Gasteiger partial charge in [0.05, 0.1) is 5.69 Å². The molecule has 0 atom stereocenters. The third kappa shape index (κ3) is 2.42. The predicted octanol–water partition coefficient (Wildman–Crippen LogP) is 5.06. The maximum absolute atomic E-state index is 5.80. The summed E-state index contributed by atoms with van der Waals surface area (Å²) < 4.78 is 5.39. The van der Waals surface area contributed by atoms with Crippen LogP contribution in [-0.4, -0.2) is 9.97 Å². The molecule has 0 radical (unpaired) electrons. The lowest BCUT2D eigenvalue weighted by Crippen LogP contribution is -1.94. The zero-order valence-corrected chi connectivity index (χ0v) is 13.3. The van der Waals surface area contributed by atoms with Crippen LogP contribution in [0.1, 0.15) is 17.5 Å². The van der Waals surface area contributed by atoms with E-state index < -0.39 is 0 Å². The molecule has 0 N–H and O–H groups in total. The van der Waals surface area contributed by atoms with E-state index in [-0.39, 0.29) is 0 Å². The van der Waals surface area contributed by atoms with Crippen molar-refractivity contribution in [1.82, 2.24) is 9.97 Å². The van der Waals surface area contributed by atoms with E-state index >= 15 is 0 Å². The highest BCUT2D eigenvalue weighted by Crippen LogP contribution is 2.31. The third-order valence-corrected chi connectivity index (χ3v) is 4.99. The van der Waals surface area contributed by atoms with Crippen molar-refractivity contribution in [1.29, 1.82) is 0 Å². The number of aromatic nitrogens is 2. The summed E-state index contributed by atoms with van der Waals surface area (Å²) in [4.78, 5) is 11.4. The van der Waals surface area contributed by atoms with Gasteiger partial charge < -0.3 is 4.42 Å². The van der Waals surface area contributed by atoms with E-state index in [1.807, 2.05) is 0 Å². The van der Waals surface area contributed by atoms with Crippen LogP contribution in [0.4, 0.5) is 0 Å². The second-order valence-corrected chi connectivity index (χ2v) is 6.06. The number of furan rings is 1. The van der Waals surface area contributed by atoms with Crippen LogP contribution in [0.5, 0.6) is 0 Å². The molecule has 3 rings (SSSR count). The fourth-order valence-corrected chi connectivity index (χ4v) is 3.46. The molecule has 0 bridgehead atoms. The highest BCUT2D eigenvalue weighted by molar-refractivity contribution is 9.08. The van der Waals surface area contributed by atoms with Gasteiger partial charge in [-0.2, -0.15) is 0 Å². The molecule has 0 aromatic carbocycles. The van der Waals surface area contributed by atoms with E-state index in [9.17, 15) is 0 Å². The van der Waals surface area contributed by atoms with Gasteiger partial charge in [0, 0.05) is 15.6 Å². The van der Waals surface area contributed by atoms with Gasteiger partial charge in [0.2, 0.25) is 0 Å². The molecule has 0 spiro atoms. The Kier molecular flexibility index (Phi) is 3.60. The molecule has 19 heavy (non-hydrogen) atoms. The molecule has 0 aliphatic carbocycles. The van der Waals surface area contributed by atoms with Crippen LogP contribution in [0, 0.1) is 0 Å². The van der Waals surface area contributed by atoms with Crippen molar-refractivity contribution in [3.05, 3.63) is 34.0 Å². The maximum atomic E-state index is 5.80. The number of fused-ring (bicyclic) bond motifs is 1. The smallest absolute Gasteiger partial charge is 0.197 e. The van der Waals surface area contributed by atoms with Crippen LogP contribution in [0.25, 0.3) is 21.8 Å². The van der Waals surface area contributed by atoms with Gasteiger partial charge in [-0.05, 0) is 36.2 Å². The Morgan fingerprint density at radius 1 is 1.37 bits per heavy atom. The topological polar surface area (TPSA) is 38.9 Å². The van der Waals surface area contributed by atoms with Crippen molar-refractivity contribution in [3.63, 3.8) is 0 Å². The Balaban J connectivity index is 2.21. The molecule has 0 aliphatic heterocycles. The molecule has 3 aromatic heterocycles. The second kappa shape index (κ2) is 5.23. The summed E-state index contributed by atoms with van der Waals surface area (Å²) >= 11 is 10.9. The van der Waals surface area contributed by atoms with Crippen molar-refractivity contribution in [3.8, 4) is 11.6 Å². The van der Waals surface area contributed by atoms with E-state index in [0.29, 0.717) is 16.8 Å². The van der Waals surface area contributed by atoms with Gasteiger partial charge in [0.1, 0.15) is 4.83 Å². The number of hydrogen-bond acceptors (Lipinski definition) is 4. The summed E-state index contributed by atoms with van der Waals surface area (Å²) in [6.45, 7) is 2.09. The van der Waals surface area contributed by atoms with Crippen molar-refractivity contribution < 1.29 is 4.42 Å². The van der Waals surface area contributed by atoms with E-state index in [2.05, 4.69) is 38.9 Å². The highest BCUT2D eigenvalue weighted by Gasteiger charge is 2.13. The minimum atomic E-state index is 0.351. The number of halogens is 2. The van der Waals surface area contributed by atoms with Gasteiger partial charge in [-0.3, -0.25) is 0 Å². The summed E-state index contributed by atoms with van der Waals surface area (Å²) in [5.74, 6) is 1.20. The molecule has 3 heterocycles. The molecule has 0 fully saturated rings. The summed E-state index contributed by atoms with van der Waals surface area (Å²) in [5.41, 5.74) is 1.04. The van der Waals surface area contributed by atoms with Crippen LogP contribution < -0.4 is 0 Å². The lowest BCUT2D eigenvalue weighted by molar-refractivity contribution is 0.579. The number of nitrogens with zero attached hydrogens (tertiary/aromatic N) is 2. The summed E-state index contributed by atoms with van der Waals surface area (Å²) in [7, 11) is 0. The Hall–Kier alpha value is -0.910. The van der Waals surface area contributed by atoms with Crippen molar-refractivity contribution in [2.45, 2.75) is 18.7 Å². The number of hydrogen-bond donors (Lipinski definition) is 0. The monoisotopic (exact) mass is 356 g/mol. The molecule has 0 amide bonds. The third-order valence-electron chi connectivity index (χ3n) is 2.78. The molecule has 0 aliphatic rings. The summed E-state index contributed by atoms with van der Waals surface area (Å²) in [6.07, 6.45) is 0.860. The SMILES string of the molecule is CCc1nc(-c2ccc(Cl)o2)nc2sc(CBr)cc12. The molecule has 0 saturated heterocycles. The van der Waals surface area contributed by atoms with Crippen molar-refractivity contribution in [2.24, 2.45) is 0 Å². The Bertz CT molecular complexity index is 737. The Morgan fingerprint density at radius 3 is 2.84 bits per heavy atom. The summed E-state index contributed by atoms with van der Waals surface area (Å²) in [6, 6.07) is 5.64. The average Bonchev–Trinajstić information content (AvgIpc) is 3.02. The lowest BCUT2D eigenvalue weighted by Gasteiger charge is -2.01. The van der Waals surface area contributed by atoms with E-state index in [1.54, 1.807) is 23.5 Å². The van der Waals surface area contributed by atoms with E-state index in [4.69, 9.17) is 16.0 Å². The van der Waals surface area contributed by atoms with Crippen LogP contribution >= 0.6 is 38.9 Å². The van der Waals surface area contributed by atoms with Crippen LogP contribution in [0.3, 0.4) is 0 Å². The summed E-state index contributed by atoms with van der Waals surface area (Å²) in [5, 5.41) is 2.31. The molecule has 6 heteroatoms. The normalized spacial score (nSPS) is 11.3. The number of rotatable bonds is 3. The lowest BCUT2D eigenvalue weighted by atomic mass is 10.2. The van der Waals surface area contributed by atoms with Gasteiger partial charge in [0.25, 0.3) is 0 Å². The zero-order valence-electron chi connectivity index (χ0n) is 10.1. The largest absolute Gasteiger partial charge is 0.441 e. The van der Waals surface area contributed by atoms with Crippen LogP contribution in [-0.2, 0) is 11.8 Å². The van der Waals surface area contributed by atoms with Gasteiger partial charge >= 0.3 is 0 Å². The first-order valence-electron chi connectivity index (χ1n) is 5.82. The average molecular weight is 358 g/mol. The molecule has 3 nitrogen and oxygen atoms in total. The highest BCUT2D eigenvalue weighted by atomic mass is 79.9. The van der Waals surface area contributed by atoms with Crippen LogP contribution in [0.2, 0.25) is 5.22 Å². The fourth-order valence-electron chi connectivity index (χ4n) is 1.91. The minimum absolute atomic E-state index is 0.351. The Labute approximate surface area is 127 Å². The number of alkyl halides is 1. The van der Waals surface area contributed by atoms with Gasteiger partial charge in [-0.1, -0.05) is 22.9 Å². The molecular formula is C13H10BrClN2OS.